The zero-order valence-electron chi connectivity index (χ0n) is 10.7. The van der Waals surface area contributed by atoms with Crippen LogP contribution in [-0.4, -0.2) is 34.5 Å². The summed E-state index contributed by atoms with van der Waals surface area (Å²) in [6.07, 6.45) is -2.13. The van der Waals surface area contributed by atoms with Crippen molar-refractivity contribution >= 4 is 17.5 Å². The number of nitrogens with zero attached hydrogens (tertiary/aromatic N) is 2. The number of fused-ring (bicyclic) bond motifs is 2. The maximum Gasteiger partial charge on any atom is 0.434 e. The smallest absolute Gasteiger partial charge is 0.345 e. The van der Waals surface area contributed by atoms with Crippen LogP contribution in [0, 0.1) is 5.92 Å². The quantitative estimate of drug-likeness (QED) is 0.869. The largest absolute Gasteiger partial charge is 0.434 e. The Bertz CT molecular complexity index is 580. The number of piperidine rings is 1. The molecule has 1 aliphatic carbocycles. The molecule has 0 aromatic carbocycles. The molecule has 1 saturated carbocycles. The third-order valence-electron chi connectivity index (χ3n) is 3.86. The van der Waals surface area contributed by atoms with Gasteiger partial charge in [-0.25, -0.2) is 9.97 Å². The zero-order chi connectivity index (χ0) is 15.2. The van der Waals surface area contributed by atoms with Crippen LogP contribution in [-0.2, 0) is 6.18 Å². The van der Waals surface area contributed by atoms with Crippen molar-refractivity contribution in [2.75, 3.05) is 6.54 Å². The minimum atomic E-state index is -4.72. The van der Waals surface area contributed by atoms with Crippen LogP contribution in [0.15, 0.2) is 6.20 Å². The van der Waals surface area contributed by atoms with E-state index in [0.717, 1.165) is 25.6 Å². The summed E-state index contributed by atoms with van der Waals surface area (Å²) in [5, 5.41) is 5.31. The lowest BCUT2D eigenvalue weighted by Crippen LogP contribution is -2.48. The number of hydrogen-bond donors (Lipinski definition) is 2. The molecule has 1 aliphatic heterocycles. The second-order valence-corrected chi connectivity index (χ2v) is 5.73. The maximum absolute atomic E-state index is 12.7. The molecule has 21 heavy (non-hydrogen) atoms. The van der Waals surface area contributed by atoms with Crippen LogP contribution in [0.25, 0.3) is 0 Å². The van der Waals surface area contributed by atoms with Crippen LogP contribution in [0.1, 0.15) is 29.2 Å². The molecule has 9 heteroatoms. The highest BCUT2D eigenvalue weighted by atomic mass is 35.5. The molecule has 3 rings (SSSR count). The Balaban J connectivity index is 1.76. The number of nitrogens with one attached hydrogen (secondary N) is 2. The van der Waals surface area contributed by atoms with Crippen molar-refractivity contribution in [2.45, 2.75) is 31.1 Å². The molecule has 2 bridgehead atoms. The van der Waals surface area contributed by atoms with Gasteiger partial charge in [-0.3, -0.25) is 4.79 Å². The van der Waals surface area contributed by atoms with Gasteiger partial charge in [-0.1, -0.05) is 11.6 Å². The molecule has 2 N–H and O–H groups in total. The number of carbonyl (C=O) groups excluding carboxylic acids is 1. The Morgan fingerprint density at radius 1 is 1.43 bits per heavy atom. The van der Waals surface area contributed by atoms with Gasteiger partial charge in [0.2, 0.25) is 5.82 Å². The summed E-state index contributed by atoms with van der Waals surface area (Å²) in [6, 6.07) is 0.0817. The molecule has 2 heterocycles. The van der Waals surface area contributed by atoms with E-state index in [9.17, 15) is 18.0 Å². The highest BCUT2D eigenvalue weighted by molar-refractivity contribution is 6.31. The number of aromatic nitrogens is 2. The molecule has 0 radical (unpaired) electrons. The summed E-state index contributed by atoms with van der Waals surface area (Å²) in [5.74, 6) is -0.719. The normalized spacial score (nSPS) is 27.9. The monoisotopic (exact) mass is 320 g/mol. The van der Waals surface area contributed by atoms with Crippen molar-refractivity contribution in [2.24, 2.45) is 5.92 Å². The van der Waals surface area contributed by atoms with E-state index in [-0.39, 0.29) is 12.1 Å². The third kappa shape index (κ3) is 2.82. The molecule has 1 saturated heterocycles. The minimum absolute atomic E-state index is 0.0927. The summed E-state index contributed by atoms with van der Waals surface area (Å²) in [7, 11) is 0. The summed E-state index contributed by atoms with van der Waals surface area (Å²) in [6.45, 7) is 0.923. The fourth-order valence-corrected chi connectivity index (χ4v) is 3.12. The van der Waals surface area contributed by atoms with Gasteiger partial charge < -0.3 is 10.6 Å². The Hall–Kier alpha value is -1.41. The molecule has 5 nitrogen and oxygen atoms in total. The molecule has 1 aromatic rings. The zero-order valence-corrected chi connectivity index (χ0v) is 11.5. The Morgan fingerprint density at radius 3 is 2.76 bits per heavy atom. The molecule has 1 aromatic heterocycles. The molecule has 2 fully saturated rings. The summed E-state index contributed by atoms with van der Waals surface area (Å²) >= 11 is 5.42. The van der Waals surface area contributed by atoms with Crippen LogP contribution in [0.5, 0.6) is 0 Å². The average molecular weight is 321 g/mol. The molecule has 0 spiro atoms. The van der Waals surface area contributed by atoms with Crippen LogP contribution in [0.2, 0.25) is 5.02 Å². The average Bonchev–Trinajstić information content (AvgIpc) is 3.00. The lowest BCUT2D eigenvalue weighted by Gasteiger charge is -2.23. The number of amides is 1. The van der Waals surface area contributed by atoms with E-state index in [1.807, 2.05) is 0 Å². The number of hydrogen-bond acceptors (Lipinski definition) is 4. The Morgan fingerprint density at radius 2 is 2.19 bits per heavy atom. The van der Waals surface area contributed by atoms with Crippen LogP contribution >= 0.6 is 11.6 Å². The molecular formula is C12H12ClF3N4O. The van der Waals surface area contributed by atoms with Crippen molar-refractivity contribution in [3.05, 3.63) is 22.7 Å². The number of rotatable bonds is 2. The van der Waals surface area contributed by atoms with Gasteiger partial charge in [-0.15, -0.1) is 0 Å². The van der Waals surface area contributed by atoms with Gasteiger partial charge in [-0.2, -0.15) is 13.2 Å². The second kappa shape index (κ2) is 5.10. The SMILES string of the molecule is O=C(NC1CC2CNC1C2)c1ncc(Cl)c(C(F)(F)F)n1. The van der Waals surface area contributed by atoms with E-state index in [1.165, 1.54) is 0 Å². The van der Waals surface area contributed by atoms with E-state index in [4.69, 9.17) is 11.6 Å². The fourth-order valence-electron chi connectivity index (χ4n) is 2.92. The van der Waals surface area contributed by atoms with E-state index in [1.54, 1.807) is 0 Å². The lowest BCUT2D eigenvalue weighted by atomic mass is 10.1. The first-order valence-electron chi connectivity index (χ1n) is 6.48. The van der Waals surface area contributed by atoms with Crippen LogP contribution in [0.4, 0.5) is 13.2 Å². The molecule has 2 aliphatic rings. The molecule has 3 unspecified atom stereocenters. The summed E-state index contributed by atoms with van der Waals surface area (Å²) < 4.78 is 38.1. The van der Waals surface area contributed by atoms with E-state index < -0.39 is 28.6 Å². The number of alkyl halides is 3. The van der Waals surface area contributed by atoms with Crippen molar-refractivity contribution < 1.29 is 18.0 Å². The van der Waals surface area contributed by atoms with Crippen LogP contribution < -0.4 is 10.6 Å². The first-order valence-corrected chi connectivity index (χ1v) is 6.86. The van der Waals surface area contributed by atoms with Crippen molar-refractivity contribution in [1.82, 2.24) is 20.6 Å². The van der Waals surface area contributed by atoms with Crippen LogP contribution in [0.3, 0.4) is 0 Å². The summed E-state index contributed by atoms with van der Waals surface area (Å²) in [4.78, 5) is 18.8. The minimum Gasteiger partial charge on any atom is -0.345 e. The van der Waals surface area contributed by atoms with Gasteiger partial charge in [0.25, 0.3) is 5.91 Å². The first kappa shape index (κ1) is 14.5. The predicted molar refractivity (Wildman–Crippen MR) is 67.8 cm³/mol. The van der Waals surface area contributed by atoms with Crippen molar-refractivity contribution in [3.63, 3.8) is 0 Å². The van der Waals surface area contributed by atoms with E-state index in [0.29, 0.717) is 5.92 Å². The summed E-state index contributed by atoms with van der Waals surface area (Å²) in [5.41, 5.74) is -1.30. The van der Waals surface area contributed by atoms with Gasteiger partial charge in [0.05, 0.1) is 11.2 Å². The highest BCUT2D eigenvalue weighted by Crippen LogP contribution is 2.33. The van der Waals surface area contributed by atoms with E-state index >= 15 is 0 Å². The first-order chi connectivity index (χ1) is 9.84. The predicted octanol–water partition coefficient (Wildman–Crippen LogP) is 1.63. The van der Waals surface area contributed by atoms with Crippen molar-refractivity contribution in [1.29, 1.82) is 0 Å². The topological polar surface area (TPSA) is 66.9 Å². The van der Waals surface area contributed by atoms with Gasteiger partial charge in [0.1, 0.15) is 0 Å². The second-order valence-electron chi connectivity index (χ2n) is 5.32. The third-order valence-corrected chi connectivity index (χ3v) is 4.14. The molecule has 114 valence electrons. The van der Waals surface area contributed by atoms with Gasteiger partial charge in [-0.05, 0) is 25.3 Å². The van der Waals surface area contributed by atoms with Crippen molar-refractivity contribution in [3.8, 4) is 0 Å². The van der Waals surface area contributed by atoms with Gasteiger partial charge in [0.15, 0.2) is 5.69 Å². The standard InChI is InChI=1S/C12H12ClF3N4O/c13-6-4-18-10(20-9(6)12(14,15)16)11(21)19-8-2-5-1-7(8)17-3-5/h4-5,7-8,17H,1-3H2,(H,19,21). The molecule has 3 atom stereocenters. The maximum atomic E-state index is 12.7. The molecule has 1 amide bonds. The lowest BCUT2D eigenvalue weighted by molar-refractivity contribution is -0.141. The molecular weight excluding hydrogens is 309 g/mol. The Labute approximate surface area is 123 Å². The fraction of sp³-hybridized carbons (Fsp3) is 0.583. The number of carbonyl (C=O) groups is 1. The van der Waals surface area contributed by atoms with E-state index in [2.05, 4.69) is 20.6 Å². The highest BCUT2D eigenvalue weighted by Gasteiger charge is 2.41. The van der Waals surface area contributed by atoms with Gasteiger partial charge >= 0.3 is 6.18 Å². The Kier molecular flexibility index (Phi) is 3.53. The number of halogens is 4. The van der Waals surface area contributed by atoms with Gasteiger partial charge in [0, 0.05) is 12.1 Å².